The summed E-state index contributed by atoms with van der Waals surface area (Å²) in [4.78, 5) is 55.8. The molecule has 1 rings (SSSR count). The molecule has 0 saturated carbocycles. The average Bonchev–Trinajstić information content (AvgIpc) is 3.05. The van der Waals surface area contributed by atoms with Crippen molar-refractivity contribution in [2.75, 3.05) is 19.6 Å². The van der Waals surface area contributed by atoms with Gasteiger partial charge in [0, 0.05) is 44.9 Å². The maximum absolute atomic E-state index is 13.6. The van der Waals surface area contributed by atoms with Crippen molar-refractivity contribution in [2.24, 2.45) is 0 Å². The van der Waals surface area contributed by atoms with E-state index in [1.807, 2.05) is 27.7 Å². The Morgan fingerprint density at radius 1 is 1.06 bits per heavy atom. The summed E-state index contributed by atoms with van der Waals surface area (Å²) >= 11 is 5.65. The zero-order valence-electron chi connectivity index (χ0n) is 29.5. The molecule has 274 valence electrons. The number of carbonyl (C=O) groups is 5. The Kier molecular flexibility index (Phi) is 34.0. The second kappa shape index (κ2) is 31.9. The number of esters is 3. The quantitative estimate of drug-likeness (QED) is 0.0689. The van der Waals surface area contributed by atoms with Gasteiger partial charge in [0.15, 0.2) is 6.10 Å². The molecule has 0 aromatic rings. The molecule has 48 heavy (non-hydrogen) atoms. The zero-order chi connectivity index (χ0) is 38.3. The minimum absolute atomic E-state index is 0.0156. The number of alkyl halides is 1. The molecule has 1 fully saturated rings. The van der Waals surface area contributed by atoms with Gasteiger partial charge < -0.3 is 34.5 Å². The molecular weight excluding hydrogens is 666 g/mol. The SMILES string of the molecule is C=C/C=C\C(=C)COC(=O)C1(S/C(C=C)=C/C=C)C[C@@H](OC(C)=O)C([NH3+])C(CC(COC=O)OC(C)=O)O1.CC.CC.CC(=O)O.CCl. The van der Waals surface area contributed by atoms with Gasteiger partial charge in [-0.2, -0.15) is 0 Å². The maximum Gasteiger partial charge on any atom is 0.349 e. The number of carbonyl (C=O) groups excluding carboxylic acids is 4. The third-order valence-corrected chi connectivity index (χ3v) is 6.49. The lowest BCUT2D eigenvalue weighted by atomic mass is 9.92. The van der Waals surface area contributed by atoms with Crippen LogP contribution in [0.2, 0.25) is 0 Å². The van der Waals surface area contributed by atoms with Crippen LogP contribution in [0.3, 0.4) is 0 Å². The lowest BCUT2D eigenvalue weighted by molar-refractivity contribution is -0.470. The fourth-order valence-electron chi connectivity index (χ4n) is 3.60. The van der Waals surface area contributed by atoms with E-state index in [2.05, 4.69) is 43.7 Å². The van der Waals surface area contributed by atoms with Crippen LogP contribution in [0.25, 0.3) is 0 Å². The van der Waals surface area contributed by atoms with E-state index in [1.165, 1.54) is 32.4 Å². The lowest BCUT2D eigenvalue weighted by Gasteiger charge is -2.44. The van der Waals surface area contributed by atoms with E-state index in [0.29, 0.717) is 10.5 Å². The second-order valence-corrected chi connectivity index (χ2v) is 10.1. The molecule has 1 saturated heterocycles. The monoisotopic (exact) mass is 720 g/mol. The first-order chi connectivity index (χ1) is 22.7. The van der Waals surface area contributed by atoms with E-state index >= 15 is 0 Å². The summed E-state index contributed by atoms with van der Waals surface area (Å²) in [5, 5.41) is 7.42. The number of halogens is 1. The predicted molar refractivity (Wildman–Crippen MR) is 190 cm³/mol. The molecule has 1 aliphatic rings. The van der Waals surface area contributed by atoms with Gasteiger partial charge in [-0.05, 0) is 11.6 Å². The van der Waals surface area contributed by atoms with Crippen LogP contribution in [0, 0.1) is 0 Å². The molecule has 0 bridgehead atoms. The molecule has 0 aliphatic carbocycles. The molecule has 5 atom stereocenters. The number of quaternary nitrogens is 1. The number of thioether (sulfide) groups is 1. The van der Waals surface area contributed by atoms with Gasteiger partial charge in [0.25, 0.3) is 12.4 Å². The first-order valence-corrected chi connectivity index (χ1v) is 16.6. The van der Waals surface area contributed by atoms with E-state index in [1.54, 1.807) is 24.3 Å². The lowest BCUT2D eigenvalue weighted by Crippen LogP contribution is -2.77. The molecule has 0 aromatic carbocycles. The van der Waals surface area contributed by atoms with E-state index in [9.17, 15) is 19.2 Å². The highest BCUT2D eigenvalue weighted by molar-refractivity contribution is 8.05. The number of hydrogen-bond donors (Lipinski definition) is 2. The van der Waals surface area contributed by atoms with Crippen LogP contribution < -0.4 is 5.73 Å². The third kappa shape index (κ3) is 23.6. The summed E-state index contributed by atoms with van der Waals surface area (Å²) < 4.78 is 27.5. The van der Waals surface area contributed by atoms with E-state index < -0.39 is 53.2 Å². The van der Waals surface area contributed by atoms with Crippen molar-refractivity contribution in [1.82, 2.24) is 0 Å². The Balaban J connectivity index is -0.000000865. The molecule has 12 nitrogen and oxygen atoms in total. The average molecular weight is 721 g/mol. The third-order valence-electron chi connectivity index (χ3n) is 5.20. The van der Waals surface area contributed by atoms with Crippen LogP contribution in [0.1, 0.15) is 61.3 Å². The molecule has 4 N–H and O–H groups in total. The number of carboxylic acids is 1. The van der Waals surface area contributed by atoms with Crippen molar-refractivity contribution in [1.29, 1.82) is 0 Å². The van der Waals surface area contributed by atoms with Gasteiger partial charge in [0.2, 0.25) is 4.93 Å². The van der Waals surface area contributed by atoms with Crippen LogP contribution in [-0.2, 0) is 47.7 Å². The predicted octanol–water partition coefficient (Wildman–Crippen LogP) is 5.34. The molecule has 1 heterocycles. The molecule has 14 heteroatoms. The fourth-order valence-corrected chi connectivity index (χ4v) is 4.79. The van der Waals surface area contributed by atoms with Gasteiger partial charge in [0.1, 0.15) is 31.5 Å². The van der Waals surface area contributed by atoms with Gasteiger partial charge in [0.05, 0.1) is 0 Å². The number of carboxylic acid groups (broad SMARTS) is 1. The van der Waals surface area contributed by atoms with Crippen molar-refractivity contribution in [3.05, 3.63) is 73.3 Å². The molecule has 4 unspecified atom stereocenters. The summed E-state index contributed by atoms with van der Waals surface area (Å²) in [5.41, 5.74) is 4.60. The Hall–Kier alpha value is -3.65. The largest absolute Gasteiger partial charge is 0.481 e. The minimum Gasteiger partial charge on any atom is -0.481 e. The molecular formula is C34H55ClNO11S+. The topological polar surface area (TPSA) is 179 Å². The Bertz CT molecular complexity index is 1070. The summed E-state index contributed by atoms with van der Waals surface area (Å²) in [5.74, 6) is -2.77. The first kappa shape index (κ1) is 51.2. The zero-order valence-corrected chi connectivity index (χ0v) is 31.1. The van der Waals surface area contributed by atoms with Gasteiger partial charge in [-0.3, -0.25) is 19.2 Å². The smallest absolute Gasteiger partial charge is 0.349 e. The van der Waals surface area contributed by atoms with Crippen molar-refractivity contribution in [2.45, 2.75) is 90.6 Å². The second-order valence-electron chi connectivity index (χ2n) is 8.78. The van der Waals surface area contributed by atoms with Gasteiger partial charge in [-0.25, -0.2) is 4.79 Å². The van der Waals surface area contributed by atoms with Crippen molar-refractivity contribution >= 4 is 53.7 Å². The van der Waals surface area contributed by atoms with Crippen LogP contribution in [0.5, 0.6) is 0 Å². The molecule has 0 radical (unpaired) electrons. The molecule has 0 amide bonds. The number of allylic oxidation sites excluding steroid dienone is 5. The normalized spacial score (nSPS) is 19.9. The molecule has 0 aromatic heterocycles. The number of aliphatic carboxylic acids is 1. The van der Waals surface area contributed by atoms with Crippen LogP contribution in [0.4, 0.5) is 0 Å². The van der Waals surface area contributed by atoms with Crippen molar-refractivity contribution in [3.8, 4) is 0 Å². The summed E-state index contributed by atoms with van der Waals surface area (Å²) in [6.45, 7) is 26.3. The summed E-state index contributed by atoms with van der Waals surface area (Å²) in [6.07, 6.45) is 8.22. The number of ether oxygens (including phenoxy) is 5. The fraction of sp³-hybridized carbons (Fsp3) is 0.500. The van der Waals surface area contributed by atoms with E-state index in [-0.39, 0.29) is 32.5 Å². The number of rotatable bonds is 16. The van der Waals surface area contributed by atoms with Crippen LogP contribution in [0.15, 0.2) is 73.3 Å². The Morgan fingerprint density at radius 2 is 1.62 bits per heavy atom. The van der Waals surface area contributed by atoms with E-state index in [4.69, 9.17) is 33.6 Å². The highest BCUT2D eigenvalue weighted by atomic mass is 35.5. The van der Waals surface area contributed by atoms with Crippen LogP contribution >= 0.6 is 23.4 Å². The van der Waals surface area contributed by atoms with Gasteiger partial charge in [-0.1, -0.05) is 96.2 Å². The molecule has 0 spiro atoms. The first-order valence-electron chi connectivity index (χ1n) is 15.0. The standard InChI is InChI=1S/C27H35NO9S.C2H4O2.2C2H6.CH3Cl/c1-7-10-12-18(4)15-34-26(32)27(38-22(9-3)11-8-2)14-24(36-20(6)31)25(28)23(37-27)13-21(16-33-17-29)35-19(5)30;1-2(3)4;3*1-2/h7-12,17,21,23-25H,1-4,13-16,28H2,5-6H3;1H3,(H,3,4);2*1-2H3;1H3/p+1/b12-10-,22-11+;;;;/t21?,23?,24-,25?,27?;;;;/m1..../s1. The highest BCUT2D eigenvalue weighted by Gasteiger charge is 2.56. The van der Waals surface area contributed by atoms with Crippen molar-refractivity contribution < 1.29 is 58.5 Å². The summed E-state index contributed by atoms with van der Waals surface area (Å²) in [6, 6.07) is -0.671. The Morgan fingerprint density at radius 3 is 2.06 bits per heavy atom. The van der Waals surface area contributed by atoms with Crippen molar-refractivity contribution in [3.63, 3.8) is 0 Å². The Labute approximate surface area is 295 Å². The maximum atomic E-state index is 13.6. The van der Waals surface area contributed by atoms with Crippen LogP contribution in [-0.4, -0.2) is 84.3 Å². The minimum atomic E-state index is -1.71. The molecule has 1 aliphatic heterocycles. The van der Waals surface area contributed by atoms with E-state index in [0.717, 1.165) is 18.7 Å². The summed E-state index contributed by atoms with van der Waals surface area (Å²) in [7, 11) is 0. The van der Waals surface area contributed by atoms with Gasteiger partial charge in [-0.15, -0.1) is 11.6 Å². The van der Waals surface area contributed by atoms with Gasteiger partial charge >= 0.3 is 17.9 Å². The number of hydrogen-bond acceptors (Lipinski definition) is 11. The highest BCUT2D eigenvalue weighted by Crippen LogP contribution is 2.45.